The molecule has 2 aromatic rings. The van der Waals surface area contributed by atoms with Gasteiger partial charge < -0.3 is 9.80 Å². The number of aryl methyl sites for hydroxylation is 1. The lowest BCUT2D eigenvalue weighted by molar-refractivity contribution is -0.137. The SMILES string of the molecule is Cc1ncnc(N2CCN(c3cccc(C(F)(F)F)c3)CC2)c1F. The van der Waals surface area contributed by atoms with E-state index in [0.29, 0.717) is 31.9 Å². The third-order valence-corrected chi connectivity index (χ3v) is 4.06. The number of anilines is 2. The van der Waals surface area contributed by atoms with Crippen molar-refractivity contribution >= 4 is 11.5 Å². The third kappa shape index (κ3) is 3.27. The highest BCUT2D eigenvalue weighted by atomic mass is 19.4. The second-order valence-corrected chi connectivity index (χ2v) is 5.62. The van der Waals surface area contributed by atoms with Crippen molar-refractivity contribution in [3.63, 3.8) is 0 Å². The van der Waals surface area contributed by atoms with Crippen molar-refractivity contribution < 1.29 is 17.6 Å². The van der Waals surface area contributed by atoms with Crippen LogP contribution in [0.25, 0.3) is 0 Å². The summed E-state index contributed by atoms with van der Waals surface area (Å²) in [6, 6.07) is 5.25. The molecular weight excluding hydrogens is 324 g/mol. The molecule has 8 heteroatoms. The van der Waals surface area contributed by atoms with Crippen molar-refractivity contribution in [1.82, 2.24) is 9.97 Å². The predicted octanol–water partition coefficient (Wildman–Crippen LogP) is 3.27. The number of hydrogen-bond acceptors (Lipinski definition) is 4. The first-order chi connectivity index (χ1) is 11.4. The highest BCUT2D eigenvalue weighted by molar-refractivity contribution is 5.52. The van der Waals surface area contributed by atoms with Gasteiger partial charge in [-0.1, -0.05) is 6.07 Å². The summed E-state index contributed by atoms with van der Waals surface area (Å²) in [6.45, 7) is 3.50. The molecule has 0 unspecified atom stereocenters. The minimum absolute atomic E-state index is 0.242. The number of alkyl halides is 3. The van der Waals surface area contributed by atoms with Crippen LogP contribution in [0.2, 0.25) is 0 Å². The fourth-order valence-corrected chi connectivity index (χ4v) is 2.72. The summed E-state index contributed by atoms with van der Waals surface area (Å²) in [5, 5.41) is 0. The highest BCUT2D eigenvalue weighted by Gasteiger charge is 2.31. The molecule has 0 saturated carbocycles. The maximum Gasteiger partial charge on any atom is 0.416 e. The van der Waals surface area contributed by atoms with Crippen LogP contribution >= 0.6 is 0 Å². The van der Waals surface area contributed by atoms with E-state index < -0.39 is 17.6 Å². The van der Waals surface area contributed by atoms with E-state index in [1.165, 1.54) is 12.4 Å². The molecule has 0 bridgehead atoms. The van der Waals surface area contributed by atoms with Crippen LogP contribution in [0.5, 0.6) is 0 Å². The van der Waals surface area contributed by atoms with Gasteiger partial charge in [0.15, 0.2) is 11.6 Å². The minimum atomic E-state index is -4.36. The Morgan fingerprint density at radius 1 is 1.00 bits per heavy atom. The molecule has 2 heterocycles. The molecule has 0 amide bonds. The summed E-state index contributed by atoms with van der Waals surface area (Å²) in [4.78, 5) is 11.4. The minimum Gasteiger partial charge on any atom is -0.368 e. The van der Waals surface area contributed by atoms with E-state index in [-0.39, 0.29) is 11.5 Å². The lowest BCUT2D eigenvalue weighted by Gasteiger charge is -2.37. The number of rotatable bonds is 2. The molecule has 128 valence electrons. The Bertz CT molecular complexity index is 724. The summed E-state index contributed by atoms with van der Waals surface area (Å²) in [5.41, 5.74) is 0.129. The molecular formula is C16H16F4N4. The van der Waals surface area contributed by atoms with Crippen molar-refractivity contribution in [2.75, 3.05) is 36.0 Å². The van der Waals surface area contributed by atoms with Gasteiger partial charge in [-0.25, -0.2) is 14.4 Å². The van der Waals surface area contributed by atoms with Crippen LogP contribution in [-0.2, 0) is 6.18 Å². The number of benzene rings is 1. The molecule has 1 aliphatic heterocycles. The first-order valence-electron chi connectivity index (χ1n) is 7.50. The van der Waals surface area contributed by atoms with Gasteiger partial charge in [0.1, 0.15) is 6.33 Å². The van der Waals surface area contributed by atoms with Crippen LogP contribution in [0.1, 0.15) is 11.3 Å². The number of aromatic nitrogens is 2. The molecule has 24 heavy (non-hydrogen) atoms. The molecule has 0 radical (unpaired) electrons. The van der Waals surface area contributed by atoms with Crippen LogP contribution < -0.4 is 9.80 Å². The number of nitrogens with zero attached hydrogens (tertiary/aromatic N) is 4. The van der Waals surface area contributed by atoms with Gasteiger partial charge in [0.2, 0.25) is 0 Å². The first kappa shape index (κ1) is 16.5. The van der Waals surface area contributed by atoms with Crippen molar-refractivity contribution in [2.24, 2.45) is 0 Å². The van der Waals surface area contributed by atoms with Crippen molar-refractivity contribution in [3.05, 3.63) is 47.7 Å². The Labute approximate surface area is 136 Å². The van der Waals surface area contributed by atoms with Crippen LogP contribution in [0, 0.1) is 12.7 Å². The maximum absolute atomic E-state index is 14.1. The van der Waals surface area contributed by atoms with Crippen molar-refractivity contribution in [2.45, 2.75) is 13.1 Å². The van der Waals surface area contributed by atoms with E-state index in [1.807, 2.05) is 4.90 Å². The Kier molecular flexibility index (Phi) is 4.29. The van der Waals surface area contributed by atoms with E-state index in [1.54, 1.807) is 17.9 Å². The molecule has 1 aromatic heterocycles. The lowest BCUT2D eigenvalue weighted by atomic mass is 10.1. The van der Waals surface area contributed by atoms with E-state index >= 15 is 0 Å². The number of piperazine rings is 1. The molecule has 1 aliphatic rings. The van der Waals surface area contributed by atoms with Gasteiger partial charge in [-0.3, -0.25) is 0 Å². The maximum atomic E-state index is 14.1. The summed E-state index contributed by atoms with van der Waals surface area (Å²) in [5.74, 6) is -0.212. The normalized spacial score (nSPS) is 15.7. The van der Waals surface area contributed by atoms with Crippen molar-refractivity contribution in [3.8, 4) is 0 Å². The second-order valence-electron chi connectivity index (χ2n) is 5.62. The van der Waals surface area contributed by atoms with Gasteiger partial charge in [0.05, 0.1) is 11.3 Å². The summed E-state index contributed by atoms with van der Waals surface area (Å²) in [6.07, 6.45) is -3.05. The second kappa shape index (κ2) is 6.26. The van der Waals surface area contributed by atoms with Gasteiger partial charge in [0, 0.05) is 31.9 Å². The Morgan fingerprint density at radius 3 is 2.33 bits per heavy atom. The molecule has 0 atom stereocenters. The zero-order valence-corrected chi connectivity index (χ0v) is 13.0. The summed E-state index contributed by atoms with van der Waals surface area (Å²) >= 11 is 0. The molecule has 0 N–H and O–H groups in total. The molecule has 1 fully saturated rings. The predicted molar refractivity (Wildman–Crippen MR) is 82.6 cm³/mol. The van der Waals surface area contributed by atoms with Crippen LogP contribution in [0.3, 0.4) is 0 Å². The molecule has 0 spiro atoms. The monoisotopic (exact) mass is 340 g/mol. The molecule has 0 aliphatic carbocycles. The fourth-order valence-electron chi connectivity index (χ4n) is 2.72. The number of halogens is 4. The smallest absolute Gasteiger partial charge is 0.368 e. The van der Waals surface area contributed by atoms with Gasteiger partial charge in [0.25, 0.3) is 0 Å². The first-order valence-corrected chi connectivity index (χ1v) is 7.50. The average Bonchev–Trinajstić information content (AvgIpc) is 2.57. The molecule has 4 nitrogen and oxygen atoms in total. The topological polar surface area (TPSA) is 32.3 Å². The van der Waals surface area contributed by atoms with Crippen molar-refractivity contribution in [1.29, 1.82) is 0 Å². The Morgan fingerprint density at radius 2 is 1.67 bits per heavy atom. The van der Waals surface area contributed by atoms with E-state index in [9.17, 15) is 17.6 Å². The largest absolute Gasteiger partial charge is 0.416 e. The van der Waals surface area contributed by atoms with Gasteiger partial charge in [-0.15, -0.1) is 0 Å². The Balaban J connectivity index is 1.73. The average molecular weight is 340 g/mol. The molecule has 1 saturated heterocycles. The van der Waals surface area contributed by atoms with Crippen LogP contribution in [0.4, 0.5) is 29.1 Å². The lowest BCUT2D eigenvalue weighted by Crippen LogP contribution is -2.47. The van der Waals surface area contributed by atoms with Gasteiger partial charge in [-0.05, 0) is 25.1 Å². The van der Waals surface area contributed by atoms with Gasteiger partial charge >= 0.3 is 6.18 Å². The van der Waals surface area contributed by atoms with E-state index in [0.717, 1.165) is 12.1 Å². The Hall–Kier alpha value is -2.38. The zero-order chi connectivity index (χ0) is 17.3. The third-order valence-electron chi connectivity index (χ3n) is 4.06. The quantitative estimate of drug-likeness (QED) is 0.786. The molecule has 3 rings (SSSR count). The van der Waals surface area contributed by atoms with E-state index in [4.69, 9.17) is 0 Å². The standard InChI is InChI=1S/C16H16F4N4/c1-11-14(17)15(22-10-21-11)24-7-5-23(6-8-24)13-4-2-3-12(9-13)16(18,19)20/h2-4,9-10H,5-8H2,1H3. The zero-order valence-electron chi connectivity index (χ0n) is 13.0. The highest BCUT2D eigenvalue weighted by Crippen LogP contribution is 2.32. The van der Waals surface area contributed by atoms with E-state index in [2.05, 4.69) is 9.97 Å². The fraction of sp³-hybridized carbons (Fsp3) is 0.375. The van der Waals surface area contributed by atoms with Gasteiger partial charge in [-0.2, -0.15) is 13.2 Å². The summed E-state index contributed by atoms with van der Waals surface area (Å²) in [7, 11) is 0. The summed E-state index contributed by atoms with van der Waals surface area (Å²) < 4.78 is 52.5. The number of hydrogen-bond donors (Lipinski definition) is 0. The van der Waals surface area contributed by atoms with Crippen LogP contribution in [0.15, 0.2) is 30.6 Å². The molecule has 1 aromatic carbocycles. The van der Waals surface area contributed by atoms with Crippen LogP contribution in [-0.4, -0.2) is 36.1 Å².